The van der Waals surface area contributed by atoms with Crippen LogP contribution in [-0.2, 0) is 21.0 Å². The third kappa shape index (κ3) is 5.48. The summed E-state index contributed by atoms with van der Waals surface area (Å²) >= 11 is 0. The van der Waals surface area contributed by atoms with Gasteiger partial charge in [-0.15, -0.1) is 0 Å². The van der Waals surface area contributed by atoms with Crippen LogP contribution in [0.2, 0.25) is 0 Å². The summed E-state index contributed by atoms with van der Waals surface area (Å²) in [6.45, 7) is 1.17. The van der Waals surface area contributed by atoms with Gasteiger partial charge >= 0.3 is 0 Å². The molecule has 0 spiro atoms. The zero-order chi connectivity index (χ0) is 11.6. The molecule has 1 rings (SSSR count). The average molecular weight is 223 g/mol. The lowest BCUT2D eigenvalue weighted by atomic mass is 10.2. The number of carbonyl (C=O) groups is 1. The van der Waals surface area contributed by atoms with Crippen LogP contribution >= 0.6 is 0 Å². The van der Waals surface area contributed by atoms with Gasteiger partial charge in [-0.3, -0.25) is 9.63 Å². The maximum absolute atomic E-state index is 11.0. The Labute approximate surface area is 95.5 Å². The number of hydrogen-bond donors (Lipinski definition) is 1. The minimum Gasteiger partial charge on any atom is -0.377 e. The minimum absolute atomic E-state index is 0.120. The highest BCUT2D eigenvalue weighted by Gasteiger charge is 1.99. The highest BCUT2D eigenvalue weighted by atomic mass is 16.6. The van der Waals surface area contributed by atoms with E-state index < -0.39 is 0 Å². The molecule has 4 heteroatoms. The van der Waals surface area contributed by atoms with E-state index in [2.05, 4.69) is 10.3 Å². The van der Waals surface area contributed by atoms with E-state index >= 15 is 0 Å². The van der Waals surface area contributed by atoms with Crippen molar-refractivity contribution in [1.82, 2.24) is 5.48 Å². The van der Waals surface area contributed by atoms with Crippen molar-refractivity contribution in [3.05, 3.63) is 35.9 Å². The Morgan fingerprint density at radius 1 is 1.31 bits per heavy atom. The quantitative estimate of drug-likeness (QED) is 0.565. The molecule has 1 aromatic carbocycles. The van der Waals surface area contributed by atoms with E-state index in [0.29, 0.717) is 26.1 Å². The molecule has 0 atom stereocenters. The van der Waals surface area contributed by atoms with Gasteiger partial charge < -0.3 is 4.74 Å². The van der Waals surface area contributed by atoms with Gasteiger partial charge in [0.15, 0.2) is 0 Å². The topological polar surface area (TPSA) is 47.6 Å². The highest BCUT2D eigenvalue weighted by Crippen LogP contribution is 2.01. The number of hydrogen-bond acceptors (Lipinski definition) is 3. The lowest BCUT2D eigenvalue weighted by Crippen LogP contribution is -2.21. The summed E-state index contributed by atoms with van der Waals surface area (Å²) in [6.07, 6.45) is 1.12. The maximum Gasteiger partial charge on any atom is 0.243 e. The van der Waals surface area contributed by atoms with Gasteiger partial charge in [0.1, 0.15) is 0 Å². The first kappa shape index (κ1) is 12.7. The number of rotatable bonds is 7. The van der Waals surface area contributed by atoms with Crippen LogP contribution in [0.5, 0.6) is 0 Å². The number of benzene rings is 1. The lowest BCUT2D eigenvalue weighted by Gasteiger charge is -2.04. The third-order valence-corrected chi connectivity index (χ3v) is 2.02. The molecule has 0 unspecified atom stereocenters. The van der Waals surface area contributed by atoms with Crippen molar-refractivity contribution in [2.75, 3.05) is 13.7 Å². The molecule has 0 saturated heterocycles. The molecule has 0 aliphatic heterocycles. The van der Waals surface area contributed by atoms with Gasteiger partial charge in [-0.2, -0.15) is 0 Å². The van der Waals surface area contributed by atoms with Crippen LogP contribution in [0.3, 0.4) is 0 Å². The van der Waals surface area contributed by atoms with Crippen molar-refractivity contribution in [2.45, 2.75) is 19.4 Å². The monoisotopic (exact) mass is 223 g/mol. The van der Waals surface area contributed by atoms with Crippen molar-refractivity contribution < 1.29 is 14.4 Å². The van der Waals surface area contributed by atoms with Crippen molar-refractivity contribution in [3.63, 3.8) is 0 Å². The van der Waals surface area contributed by atoms with Gasteiger partial charge in [0.2, 0.25) is 5.91 Å². The summed E-state index contributed by atoms with van der Waals surface area (Å²) in [7, 11) is 1.42. The number of nitrogens with one attached hydrogen (secondary N) is 1. The van der Waals surface area contributed by atoms with Crippen LogP contribution in [0.25, 0.3) is 0 Å². The van der Waals surface area contributed by atoms with Crippen molar-refractivity contribution in [2.24, 2.45) is 0 Å². The molecular formula is C12H17NO3. The van der Waals surface area contributed by atoms with E-state index in [1.165, 1.54) is 7.11 Å². The van der Waals surface area contributed by atoms with E-state index in [4.69, 9.17) is 4.74 Å². The molecular weight excluding hydrogens is 206 g/mol. The fraction of sp³-hybridized carbons (Fsp3) is 0.417. The third-order valence-electron chi connectivity index (χ3n) is 2.02. The molecule has 4 nitrogen and oxygen atoms in total. The molecule has 88 valence electrons. The number of ether oxygens (including phenoxy) is 1. The Bertz CT molecular complexity index is 300. The van der Waals surface area contributed by atoms with Gasteiger partial charge in [-0.05, 0) is 12.0 Å². The number of amides is 1. The fourth-order valence-corrected chi connectivity index (χ4v) is 1.26. The maximum atomic E-state index is 11.0. The van der Waals surface area contributed by atoms with Crippen LogP contribution in [0.15, 0.2) is 30.3 Å². The summed E-state index contributed by atoms with van der Waals surface area (Å²) < 4.78 is 5.43. The zero-order valence-electron chi connectivity index (χ0n) is 9.44. The van der Waals surface area contributed by atoms with E-state index in [1.54, 1.807) is 0 Å². The van der Waals surface area contributed by atoms with Crippen molar-refractivity contribution in [1.29, 1.82) is 0 Å². The first-order valence-electron chi connectivity index (χ1n) is 5.26. The van der Waals surface area contributed by atoms with Crippen LogP contribution in [0.4, 0.5) is 0 Å². The standard InChI is InChI=1S/C12H17NO3/c1-15-13-12(14)8-5-9-16-10-11-6-3-2-4-7-11/h2-4,6-7H,5,8-10H2,1H3,(H,13,14). The Morgan fingerprint density at radius 3 is 2.75 bits per heavy atom. The molecule has 1 aromatic rings. The molecule has 0 bridgehead atoms. The Morgan fingerprint density at radius 2 is 2.06 bits per heavy atom. The molecule has 0 aromatic heterocycles. The van der Waals surface area contributed by atoms with Crippen LogP contribution < -0.4 is 5.48 Å². The molecule has 1 amide bonds. The number of hydroxylamine groups is 1. The van der Waals surface area contributed by atoms with Crippen LogP contribution in [0, 0.1) is 0 Å². The first-order valence-corrected chi connectivity index (χ1v) is 5.26. The second-order valence-corrected chi connectivity index (χ2v) is 3.37. The second-order valence-electron chi connectivity index (χ2n) is 3.37. The van der Waals surface area contributed by atoms with E-state index in [0.717, 1.165) is 5.56 Å². The normalized spacial score (nSPS) is 10.1. The fourth-order valence-electron chi connectivity index (χ4n) is 1.26. The van der Waals surface area contributed by atoms with E-state index in [9.17, 15) is 4.79 Å². The predicted octanol–water partition coefficient (Wildman–Crippen LogP) is 1.66. The van der Waals surface area contributed by atoms with Crippen molar-refractivity contribution >= 4 is 5.91 Å². The molecule has 0 aliphatic rings. The lowest BCUT2D eigenvalue weighted by molar-refractivity contribution is -0.131. The van der Waals surface area contributed by atoms with Crippen LogP contribution in [-0.4, -0.2) is 19.6 Å². The van der Waals surface area contributed by atoms with Gasteiger partial charge in [0.25, 0.3) is 0 Å². The van der Waals surface area contributed by atoms with E-state index in [1.807, 2.05) is 30.3 Å². The smallest absolute Gasteiger partial charge is 0.243 e. The molecule has 1 N–H and O–H groups in total. The van der Waals surface area contributed by atoms with Gasteiger partial charge in [0.05, 0.1) is 13.7 Å². The molecule has 16 heavy (non-hydrogen) atoms. The predicted molar refractivity (Wildman–Crippen MR) is 60.5 cm³/mol. The summed E-state index contributed by atoms with van der Waals surface area (Å²) in [5, 5.41) is 0. The molecule has 0 aliphatic carbocycles. The van der Waals surface area contributed by atoms with Crippen LogP contribution in [0.1, 0.15) is 18.4 Å². The Kier molecular flexibility index (Phi) is 6.22. The summed E-state index contributed by atoms with van der Waals surface area (Å²) in [6, 6.07) is 9.95. The summed E-state index contributed by atoms with van der Waals surface area (Å²) in [4.78, 5) is 15.5. The number of carbonyl (C=O) groups excluding carboxylic acids is 1. The minimum atomic E-state index is -0.120. The van der Waals surface area contributed by atoms with Gasteiger partial charge in [-0.25, -0.2) is 5.48 Å². The van der Waals surface area contributed by atoms with Gasteiger partial charge in [-0.1, -0.05) is 30.3 Å². The highest BCUT2D eigenvalue weighted by molar-refractivity contribution is 5.74. The molecule has 0 fully saturated rings. The average Bonchev–Trinajstić information content (AvgIpc) is 2.30. The second kappa shape index (κ2) is 7.84. The van der Waals surface area contributed by atoms with Gasteiger partial charge in [0, 0.05) is 13.0 Å². The summed E-state index contributed by atoms with van der Waals surface area (Å²) in [5.74, 6) is -0.120. The molecule has 0 radical (unpaired) electrons. The van der Waals surface area contributed by atoms with Crippen molar-refractivity contribution in [3.8, 4) is 0 Å². The Balaban J connectivity index is 2.02. The first-order chi connectivity index (χ1) is 7.83. The summed E-state index contributed by atoms with van der Waals surface area (Å²) in [5.41, 5.74) is 3.40. The SMILES string of the molecule is CONC(=O)CCCOCc1ccccc1. The zero-order valence-corrected chi connectivity index (χ0v) is 9.44. The van der Waals surface area contributed by atoms with E-state index in [-0.39, 0.29) is 5.91 Å². The largest absolute Gasteiger partial charge is 0.377 e. The Hall–Kier alpha value is -1.39. The molecule has 0 saturated carbocycles. The molecule has 0 heterocycles.